The number of thiocarbonyl (C=S) groups is 1. The van der Waals surface area contributed by atoms with E-state index in [1.807, 2.05) is 29.7 Å². The summed E-state index contributed by atoms with van der Waals surface area (Å²) in [6.45, 7) is 17.3. The van der Waals surface area contributed by atoms with Crippen molar-refractivity contribution in [1.29, 1.82) is 0 Å². The zero-order chi connectivity index (χ0) is 30.7. The Labute approximate surface area is 254 Å². The number of carbonyl (C=O) groups is 2. The topological polar surface area (TPSA) is 111 Å². The van der Waals surface area contributed by atoms with E-state index in [2.05, 4.69) is 25.7 Å². The first-order valence-electron chi connectivity index (χ1n) is 13.9. The van der Waals surface area contributed by atoms with Crippen molar-refractivity contribution in [2.24, 2.45) is 0 Å². The Morgan fingerprint density at radius 2 is 1.63 bits per heavy atom. The molecule has 0 aliphatic carbocycles. The maximum absolute atomic E-state index is 12.6. The van der Waals surface area contributed by atoms with Crippen molar-refractivity contribution in [1.82, 2.24) is 9.80 Å². The fraction of sp³-hybridized carbons (Fsp3) is 0.536. The predicted octanol–water partition coefficient (Wildman–Crippen LogP) is 4.74. The Morgan fingerprint density at radius 1 is 1.00 bits per heavy atom. The van der Waals surface area contributed by atoms with Gasteiger partial charge in [-0.05, 0) is 77.2 Å². The molecular weight excluding hydrogens is 585 g/mol. The highest BCUT2D eigenvalue weighted by molar-refractivity contribution is 8.26. The Kier molecular flexibility index (Phi) is 13.8. The van der Waals surface area contributed by atoms with Crippen molar-refractivity contribution in [3.05, 3.63) is 46.6 Å². The number of thioether (sulfide) groups is 1. The quantitative estimate of drug-likeness (QED) is 0.150. The predicted molar refractivity (Wildman–Crippen MR) is 171 cm³/mol. The second-order valence-corrected chi connectivity index (χ2v) is 12.3. The normalized spacial score (nSPS) is 17.0. The first kappa shape index (κ1) is 34.7. The Bertz CT molecular complexity index is 1260. The smallest absolute Gasteiger partial charge is 0.338 e. The van der Waals surface area contributed by atoms with Gasteiger partial charge in [-0.25, -0.2) is 4.79 Å². The lowest BCUT2D eigenvalue weighted by molar-refractivity contribution is -0.122. The third-order valence-corrected chi connectivity index (χ3v) is 8.84. The van der Waals surface area contributed by atoms with Crippen LogP contribution in [0.4, 0.5) is 11.4 Å². The van der Waals surface area contributed by atoms with Crippen molar-refractivity contribution in [2.45, 2.75) is 48.0 Å². The molecule has 1 N–H and O–H groups in total. The van der Waals surface area contributed by atoms with Crippen LogP contribution in [0.5, 0.6) is 0 Å². The molecule has 1 amide bonds. The van der Waals surface area contributed by atoms with E-state index in [9.17, 15) is 22.6 Å². The van der Waals surface area contributed by atoms with Crippen molar-refractivity contribution in [3.8, 4) is 0 Å². The van der Waals surface area contributed by atoms with Gasteiger partial charge in [0.2, 0.25) is 0 Å². The highest BCUT2D eigenvalue weighted by atomic mass is 32.2. The molecule has 0 aromatic heterocycles. The molecule has 2 heterocycles. The van der Waals surface area contributed by atoms with Crippen LogP contribution in [-0.4, -0.2) is 90.6 Å². The van der Waals surface area contributed by atoms with Gasteiger partial charge in [0.1, 0.15) is 10.1 Å². The van der Waals surface area contributed by atoms with Crippen LogP contribution in [0.2, 0.25) is 0 Å². The molecule has 2 aliphatic rings. The number of esters is 1. The molecule has 1 saturated heterocycles. The van der Waals surface area contributed by atoms with Gasteiger partial charge in [-0.15, -0.1) is 0 Å². The fourth-order valence-electron chi connectivity index (χ4n) is 4.46. The number of allylic oxidation sites excluding steroid dienone is 2. The van der Waals surface area contributed by atoms with Gasteiger partial charge in [0, 0.05) is 19.6 Å². The largest absolute Gasteiger partial charge is 0.462 e. The summed E-state index contributed by atoms with van der Waals surface area (Å²) in [5.74, 6) is -0.289. The number of amides is 1. The highest BCUT2D eigenvalue weighted by Gasteiger charge is 2.33. The lowest BCUT2D eigenvalue weighted by Gasteiger charge is -2.24. The van der Waals surface area contributed by atoms with E-state index in [1.54, 1.807) is 31.2 Å². The molecule has 0 saturated carbocycles. The van der Waals surface area contributed by atoms with E-state index in [0.717, 1.165) is 11.5 Å². The fourth-order valence-corrected chi connectivity index (χ4v) is 6.28. The van der Waals surface area contributed by atoms with Crippen LogP contribution >= 0.6 is 24.0 Å². The summed E-state index contributed by atoms with van der Waals surface area (Å²) in [4.78, 5) is 33.2. The van der Waals surface area contributed by atoms with Crippen molar-refractivity contribution in [3.63, 3.8) is 0 Å². The standard InChI is InChI=1S/C22H27N3O6S3.C6H15N/c1-4-23-16-9-8-15(21(27)31-6-3)14-17(16)25(12-7-13-34(28,29)30)19(23)11-10-18-20(26)24(5-2)22(32)33-18;1-4-7(5-2)6-3/h8-11,14H,4-7,12-13H2,1-3H3,(H,28,29,30);4-6H2,1-3H3/b18-10+,19-11+;. The average molecular weight is 627 g/mol. The third kappa shape index (κ3) is 9.27. The number of hydrogen-bond acceptors (Lipinski definition) is 10. The molecular formula is C28H42N4O6S3. The summed E-state index contributed by atoms with van der Waals surface area (Å²) in [6.07, 6.45) is 3.67. The number of likely N-dealkylation sites (N-methyl/N-ethyl adjacent to an activating group) is 1. The van der Waals surface area contributed by atoms with Gasteiger partial charge >= 0.3 is 5.97 Å². The maximum atomic E-state index is 12.6. The molecule has 3 rings (SSSR count). The molecule has 1 fully saturated rings. The molecule has 0 spiro atoms. The van der Waals surface area contributed by atoms with Gasteiger partial charge in [-0.3, -0.25) is 14.2 Å². The van der Waals surface area contributed by atoms with Crippen molar-refractivity contribution >= 4 is 61.7 Å². The molecule has 1 aromatic rings. The molecule has 228 valence electrons. The van der Waals surface area contributed by atoms with Crippen LogP contribution in [-0.2, 0) is 19.6 Å². The van der Waals surface area contributed by atoms with Gasteiger partial charge < -0.3 is 19.4 Å². The molecule has 41 heavy (non-hydrogen) atoms. The van der Waals surface area contributed by atoms with E-state index in [0.29, 0.717) is 33.6 Å². The zero-order valence-corrected chi connectivity index (χ0v) is 27.2. The van der Waals surface area contributed by atoms with E-state index in [4.69, 9.17) is 17.0 Å². The van der Waals surface area contributed by atoms with E-state index >= 15 is 0 Å². The van der Waals surface area contributed by atoms with E-state index < -0.39 is 21.8 Å². The molecule has 1 aromatic carbocycles. The molecule has 10 nitrogen and oxygen atoms in total. The SMILES string of the molecule is CCN(CC)CC.CCOC(=O)c1ccc2c(c1)N(CCCS(=O)(=O)O)/C(=C/C=C1/SC(=S)N(CC)C1=O)N2CC. The molecule has 2 aliphatic heterocycles. The lowest BCUT2D eigenvalue weighted by atomic mass is 10.1. The Balaban J connectivity index is 0.000000745. The number of ether oxygens (including phenoxy) is 1. The Hall–Kier alpha value is -2.45. The second-order valence-electron chi connectivity index (χ2n) is 9.05. The minimum atomic E-state index is -4.12. The summed E-state index contributed by atoms with van der Waals surface area (Å²) in [5.41, 5.74) is 1.92. The first-order valence-corrected chi connectivity index (χ1v) is 16.8. The second kappa shape index (κ2) is 16.3. The number of rotatable bonds is 12. The van der Waals surface area contributed by atoms with E-state index in [-0.39, 0.29) is 25.5 Å². The number of carbonyl (C=O) groups excluding carboxylic acids is 2. The maximum Gasteiger partial charge on any atom is 0.338 e. The summed E-state index contributed by atoms with van der Waals surface area (Å²) in [7, 11) is -4.12. The van der Waals surface area contributed by atoms with Gasteiger partial charge in [0.15, 0.2) is 0 Å². The van der Waals surface area contributed by atoms with Crippen molar-refractivity contribution < 1.29 is 27.3 Å². The highest BCUT2D eigenvalue weighted by Crippen LogP contribution is 2.43. The van der Waals surface area contributed by atoms with Crippen LogP contribution in [0.3, 0.4) is 0 Å². The monoisotopic (exact) mass is 626 g/mol. The van der Waals surface area contributed by atoms with E-state index in [1.165, 1.54) is 36.3 Å². The van der Waals surface area contributed by atoms with Gasteiger partial charge in [0.05, 0.1) is 34.2 Å². The summed E-state index contributed by atoms with van der Waals surface area (Å²) in [5, 5.41) is 0. The van der Waals surface area contributed by atoms with Gasteiger partial charge in [-0.1, -0.05) is 44.8 Å². The summed E-state index contributed by atoms with van der Waals surface area (Å²) in [6, 6.07) is 5.21. The van der Waals surface area contributed by atoms with Crippen LogP contribution < -0.4 is 9.80 Å². The number of anilines is 2. The first-order chi connectivity index (χ1) is 19.5. The lowest BCUT2D eigenvalue weighted by Crippen LogP contribution is -2.30. The molecule has 0 radical (unpaired) electrons. The molecule has 0 atom stereocenters. The molecule has 13 heteroatoms. The zero-order valence-electron chi connectivity index (χ0n) is 24.8. The number of hydrogen-bond donors (Lipinski definition) is 1. The Morgan fingerprint density at radius 3 is 2.12 bits per heavy atom. The molecule has 0 unspecified atom stereocenters. The number of fused-ring (bicyclic) bond motifs is 1. The number of nitrogens with zero attached hydrogens (tertiary/aromatic N) is 4. The van der Waals surface area contributed by atoms with Crippen LogP contribution in [0.1, 0.15) is 58.3 Å². The summed E-state index contributed by atoms with van der Waals surface area (Å²) < 4.78 is 37.4. The van der Waals surface area contributed by atoms with Crippen LogP contribution in [0.25, 0.3) is 0 Å². The minimum Gasteiger partial charge on any atom is -0.462 e. The van der Waals surface area contributed by atoms with Crippen LogP contribution in [0.15, 0.2) is 41.1 Å². The number of benzene rings is 1. The third-order valence-electron chi connectivity index (χ3n) is 6.64. The average Bonchev–Trinajstić information content (AvgIpc) is 3.39. The molecule has 0 bridgehead atoms. The van der Waals surface area contributed by atoms with Gasteiger partial charge in [0.25, 0.3) is 16.0 Å². The van der Waals surface area contributed by atoms with Gasteiger partial charge in [-0.2, -0.15) is 8.42 Å². The minimum absolute atomic E-state index is 0.157. The summed E-state index contributed by atoms with van der Waals surface area (Å²) >= 11 is 6.51. The van der Waals surface area contributed by atoms with Crippen LogP contribution in [0, 0.1) is 0 Å². The van der Waals surface area contributed by atoms with Crippen molar-refractivity contribution in [2.75, 3.05) is 61.4 Å².